The van der Waals surface area contributed by atoms with Crippen LogP contribution in [0.25, 0.3) is 0 Å². The smallest absolute Gasteiger partial charge is 0.238 e. The van der Waals surface area contributed by atoms with Gasteiger partial charge in [-0.25, -0.2) is 0 Å². The Labute approximate surface area is 126 Å². The SMILES string of the molecule is CC1CN(CC(=O)Nc2ccc3c(c2)CCC3)CC(C)N1. The second-order valence-corrected chi connectivity index (χ2v) is 6.55. The van der Waals surface area contributed by atoms with E-state index < -0.39 is 0 Å². The molecule has 114 valence electrons. The largest absolute Gasteiger partial charge is 0.325 e. The van der Waals surface area contributed by atoms with Crippen LogP contribution in [0.1, 0.15) is 31.4 Å². The van der Waals surface area contributed by atoms with Crippen molar-refractivity contribution in [3.63, 3.8) is 0 Å². The summed E-state index contributed by atoms with van der Waals surface area (Å²) < 4.78 is 0. The molecule has 0 radical (unpaired) electrons. The molecule has 1 aliphatic carbocycles. The number of nitrogens with one attached hydrogen (secondary N) is 2. The normalized spacial score (nSPS) is 25.6. The topological polar surface area (TPSA) is 44.4 Å². The van der Waals surface area contributed by atoms with Crippen LogP contribution in [0.2, 0.25) is 0 Å². The maximum absolute atomic E-state index is 12.2. The molecular formula is C17H25N3O. The molecule has 1 aromatic rings. The van der Waals surface area contributed by atoms with E-state index >= 15 is 0 Å². The van der Waals surface area contributed by atoms with Gasteiger partial charge >= 0.3 is 0 Å². The van der Waals surface area contributed by atoms with Crippen molar-refractivity contribution in [2.24, 2.45) is 0 Å². The van der Waals surface area contributed by atoms with Crippen LogP contribution in [0.5, 0.6) is 0 Å². The fourth-order valence-corrected chi connectivity index (χ4v) is 3.62. The minimum atomic E-state index is 0.0919. The molecule has 1 aliphatic heterocycles. The number of hydrogen-bond acceptors (Lipinski definition) is 3. The predicted octanol–water partition coefficient (Wildman–Crippen LogP) is 1.80. The van der Waals surface area contributed by atoms with E-state index in [4.69, 9.17) is 0 Å². The zero-order valence-electron chi connectivity index (χ0n) is 13.0. The summed E-state index contributed by atoms with van der Waals surface area (Å²) in [6.07, 6.45) is 3.56. The summed E-state index contributed by atoms with van der Waals surface area (Å²) in [6.45, 7) is 6.68. The summed E-state index contributed by atoms with van der Waals surface area (Å²) in [7, 11) is 0. The summed E-state index contributed by atoms with van der Waals surface area (Å²) in [5.74, 6) is 0.0919. The highest BCUT2D eigenvalue weighted by Gasteiger charge is 2.22. The molecule has 1 fully saturated rings. The first kappa shape index (κ1) is 14.5. The first-order valence-electron chi connectivity index (χ1n) is 8.00. The highest BCUT2D eigenvalue weighted by atomic mass is 16.2. The number of aryl methyl sites for hydroxylation is 2. The van der Waals surface area contributed by atoms with Gasteiger partial charge in [0.25, 0.3) is 0 Å². The Morgan fingerprint density at radius 3 is 2.71 bits per heavy atom. The molecule has 1 heterocycles. The first-order chi connectivity index (χ1) is 10.1. The molecule has 2 N–H and O–H groups in total. The highest BCUT2D eigenvalue weighted by molar-refractivity contribution is 5.92. The predicted molar refractivity (Wildman–Crippen MR) is 85.6 cm³/mol. The van der Waals surface area contributed by atoms with E-state index in [1.54, 1.807) is 0 Å². The van der Waals surface area contributed by atoms with Gasteiger partial charge in [-0.1, -0.05) is 6.07 Å². The van der Waals surface area contributed by atoms with Crippen molar-refractivity contribution in [3.05, 3.63) is 29.3 Å². The number of benzene rings is 1. The molecule has 1 aromatic carbocycles. The zero-order chi connectivity index (χ0) is 14.8. The van der Waals surface area contributed by atoms with E-state index in [1.165, 1.54) is 24.0 Å². The summed E-state index contributed by atoms with van der Waals surface area (Å²) in [5, 5.41) is 6.53. The fourth-order valence-electron chi connectivity index (χ4n) is 3.62. The Hall–Kier alpha value is -1.39. The summed E-state index contributed by atoms with van der Waals surface area (Å²) in [6, 6.07) is 7.23. The first-order valence-corrected chi connectivity index (χ1v) is 8.00. The number of carbonyl (C=O) groups excluding carboxylic acids is 1. The Kier molecular flexibility index (Phi) is 4.27. The van der Waals surface area contributed by atoms with Crippen LogP contribution in [0.3, 0.4) is 0 Å². The maximum Gasteiger partial charge on any atom is 0.238 e. The van der Waals surface area contributed by atoms with Crippen LogP contribution in [-0.4, -0.2) is 42.5 Å². The van der Waals surface area contributed by atoms with Crippen molar-refractivity contribution in [1.29, 1.82) is 0 Å². The Morgan fingerprint density at radius 1 is 1.24 bits per heavy atom. The number of nitrogens with zero attached hydrogens (tertiary/aromatic N) is 1. The van der Waals surface area contributed by atoms with Gasteiger partial charge in [-0.3, -0.25) is 9.69 Å². The molecule has 1 saturated heterocycles. The van der Waals surface area contributed by atoms with E-state index in [1.807, 2.05) is 6.07 Å². The second kappa shape index (κ2) is 6.16. The van der Waals surface area contributed by atoms with Crippen LogP contribution in [0, 0.1) is 0 Å². The van der Waals surface area contributed by atoms with Crippen molar-refractivity contribution in [2.45, 2.75) is 45.2 Å². The summed E-state index contributed by atoms with van der Waals surface area (Å²) in [5.41, 5.74) is 3.78. The monoisotopic (exact) mass is 287 g/mol. The molecule has 3 rings (SSSR count). The van der Waals surface area contributed by atoms with Crippen molar-refractivity contribution < 1.29 is 4.79 Å². The Morgan fingerprint density at radius 2 is 1.95 bits per heavy atom. The van der Waals surface area contributed by atoms with Gasteiger partial charge in [0.2, 0.25) is 5.91 Å². The number of anilines is 1. The van der Waals surface area contributed by atoms with Gasteiger partial charge in [-0.2, -0.15) is 0 Å². The quantitative estimate of drug-likeness (QED) is 0.891. The molecule has 2 aliphatic rings. The third-order valence-electron chi connectivity index (χ3n) is 4.38. The van der Waals surface area contributed by atoms with Crippen LogP contribution in [-0.2, 0) is 17.6 Å². The van der Waals surface area contributed by atoms with Gasteiger partial charge in [0.05, 0.1) is 6.54 Å². The van der Waals surface area contributed by atoms with Crippen molar-refractivity contribution in [1.82, 2.24) is 10.2 Å². The number of fused-ring (bicyclic) bond motifs is 1. The Balaban J connectivity index is 1.56. The van der Waals surface area contributed by atoms with E-state index in [9.17, 15) is 4.79 Å². The lowest BCUT2D eigenvalue weighted by molar-refractivity contribution is -0.117. The third kappa shape index (κ3) is 3.63. The lowest BCUT2D eigenvalue weighted by Crippen LogP contribution is -2.55. The van der Waals surface area contributed by atoms with Crippen LogP contribution in [0.15, 0.2) is 18.2 Å². The summed E-state index contributed by atoms with van der Waals surface area (Å²) >= 11 is 0. The number of hydrogen-bond donors (Lipinski definition) is 2. The lowest BCUT2D eigenvalue weighted by Gasteiger charge is -2.35. The molecular weight excluding hydrogens is 262 g/mol. The maximum atomic E-state index is 12.2. The second-order valence-electron chi connectivity index (χ2n) is 6.55. The number of carbonyl (C=O) groups is 1. The number of amides is 1. The molecule has 0 aromatic heterocycles. The molecule has 2 atom stereocenters. The van der Waals surface area contributed by atoms with Crippen molar-refractivity contribution in [3.8, 4) is 0 Å². The molecule has 4 heteroatoms. The average Bonchev–Trinajstić information content (AvgIpc) is 2.84. The van der Waals surface area contributed by atoms with Crippen LogP contribution >= 0.6 is 0 Å². The lowest BCUT2D eigenvalue weighted by atomic mass is 10.1. The van der Waals surface area contributed by atoms with Crippen molar-refractivity contribution >= 4 is 11.6 Å². The van der Waals surface area contributed by atoms with Crippen LogP contribution in [0.4, 0.5) is 5.69 Å². The van der Waals surface area contributed by atoms with E-state index in [-0.39, 0.29) is 5.91 Å². The molecule has 1 amide bonds. The van der Waals surface area contributed by atoms with Gasteiger partial charge < -0.3 is 10.6 Å². The van der Waals surface area contributed by atoms with Gasteiger partial charge in [0.15, 0.2) is 0 Å². The molecule has 0 spiro atoms. The van der Waals surface area contributed by atoms with E-state index in [2.05, 4.69) is 41.5 Å². The minimum Gasteiger partial charge on any atom is -0.325 e. The minimum absolute atomic E-state index is 0.0919. The molecule has 2 unspecified atom stereocenters. The van der Waals surface area contributed by atoms with E-state index in [0.717, 1.165) is 25.2 Å². The highest BCUT2D eigenvalue weighted by Crippen LogP contribution is 2.24. The average molecular weight is 287 g/mol. The van der Waals surface area contributed by atoms with Crippen LogP contribution < -0.4 is 10.6 Å². The third-order valence-corrected chi connectivity index (χ3v) is 4.38. The standard InChI is InChI=1S/C17H25N3O/c1-12-9-20(10-13(2)18-12)11-17(21)19-16-7-6-14-4-3-5-15(14)8-16/h6-8,12-13,18H,3-5,9-11H2,1-2H3,(H,19,21). The number of rotatable bonds is 3. The van der Waals surface area contributed by atoms with Gasteiger partial charge in [0.1, 0.15) is 0 Å². The molecule has 0 bridgehead atoms. The van der Waals surface area contributed by atoms with Gasteiger partial charge in [-0.15, -0.1) is 0 Å². The van der Waals surface area contributed by atoms with Gasteiger partial charge in [-0.05, 0) is 56.4 Å². The fraction of sp³-hybridized carbons (Fsp3) is 0.588. The zero-order valence-corrected chi connectivity index (χ0v) is 13.0. The van der Waals surface area contributed by atoms with Gasteiger partial charge in [0, 0.05) is 30.9 Å². The van der Waals surface area contributed by atoms with Crippen molar-refractivity contribution in [2.75, 3.05) is 25.0 Å². The molecule has 0 saturated carbocycles. The molecule has 4 nitrogen and oxygen atoms in total. The molecule has 21 heavy (non-hydrogen) atoms. The van der Waals surface area contributed by atoms with E-state index in [0.29, 0.717) is 18.6 Å². The Bertz CT molecular complexity index is 519. The number of piperazine rings is 1. The summed E-state index contributed by atoms with van der Waals surface area (Å²) in [4.78, 5) is 14.5.